The molecule has 0 aliphatic carbocycles. The number of rotatable bonds is 7. The molecule has 10 nitrogen and oxygen atoms in total. The predicted molar refractivity (Wildman–Crippen MR) is 162 cm³/mol. The van der Waals surface area contributed by atoms with Crippen LogP contribution in [-0.2, 0) is 9.59 Å². The van der Waals surface area contributed by atoms with E-state index in [1.807, 2.05) is 35.2 Å². The number of phenols is 1. The van der Waals surface area contributed by atoms with Crippen LogP contribution in [0.2, 0.25) is 0 Å². The van der Waals surface area contributed by atoms with E-state index in [2.05, 4.69) is 33.9 Å². The third-order valence-electron chi connectivity index (χ3n) is 7.77. The molecule has 42 heavy (non-hydrogen) atoms. The quantitative estimate of drug-likeness (QED) is 0.324. The second-order valence-electron chi connectivity index (χ2n) is 10.5. The molecule has 0 bridgehead atoms. The number of hydrogen-bond donors (Lipinski definition) is 2. The number of ether oxygens (including phenoxy) is 1. The summed E-state index contributed by atoms with van der Waals surface area (Å²) in [4.78, 5) is 40.0. The Bertz CT molecular complexity index is 1660. The average molecular weight is 565 g/mol. The first kappa shape index (κ1) is 27.1. The van der Waals surface area contributed by atoms with Gasteiger partial charge in [0.15, 0.2) is 0 Å². The lowest BCUT2D eigenvalue weighted by Gasteiger charge is -2.42. The van der Waals surface area contributed by atoms with Gasteiger partial charge in [0.25, 0.3) is 0 Å². The normalized spacial score (nSPS) is 15.3. The average Bonchev–Trinajstić information content (AvgIpc) is 2.99. The zero-order valence-corrected chi connectivity index (χ0v) is 23.4. The summed E-state index contributed by atoms with van der Waals surface area (Å²) in [6.07, 6.45) is 3.08. The highest BCUT2D eigenvalue weighted by atomic mass is 16.5. The van der Waals surface area contributed by atoms with Crippen molar-refractivity contribution in [3.05, 3.63) is 79.5 Å². The van der Waals surface area contributed by atoms with E-state index in [0.717, 1.165) is 46.8 Å². The molecular formula is C32H32N6O4. The number of likely N-dealkylation sites (tertiary alicyclic amines) is 1. The van der Waals surface area contributed by atoms with Crippen molar-refractivity contribution in [3.63, 3.8) is 0 Å². The summed E-state index contributed by atoms with van der Waals surface area (Å²) in [6.45, 7) is 7.21. The van der Waals surface area contributed by atoms with Gasteiger partial charge in [-0.25, -0.2) is 4.98 Å². The predicted octanol–water partition coefficient (Wildman–Crippen LogP) is 4.05. The second kappa shape index (κ2) is 11.4. The molecule has 2 saturated heterocycles. The highest BCUT2D eigenvalue weighted by Crippen LogP contribution is 2.30. The lowest BCUT2D eigenvalue weighted by molar-refractivity contribution is -0.146. The van der Waals surface area contributed by atoms with E-state index in [4.69, 9.17) is 9.72 Å². The highest BCUT2D eigenvalue weighted by molar-refractivity contribution is 5.90. The zero-order chi connectivity index (χ0) is 29.2. The van der Waals surface area contributed by atoms with Crippen molar-refractivity contribution in [2.75, 3.05) is 56.6 Å². The summed E-state index contributed by atoms with van der Waals surface area (Å²) in [5.74, 6) is 0.555. The van der Waals surface area contributed by atoms with Crippen LogP contribution in [0.3, 0.4) is 0 Å². The Kier molecular flexibility index (Phi) is 7.35. The van der Waals surface area contributed by atoms with Crippen LogP contribution in [0, 0.1) is 5.92 Å². The fraction of sp³-hybridized carbons (Fsp3) is 0.250. The molecule has 1 aromatic heterocycles. The van der Waals surface area contributed by atoms with Crippen LogP contribution in [0.25, 0.3) is 22.3 Å². The molecular weight excluding hydrogens is 532 g/mol. The lowest BCUT2D eigenvalue weighted by atomic mass is 9.98. The standard InChI is InChI=1S/C32H32N6O4/c1-3-31(40)38-19-22(20-38)32(41)37-11-9-36(10-12-37)25-6-4-5-21(13-25)30-18-33-28-8-7-23(16-29(28)35-30)34-24-14-26(39)17-27(15-24)42-2/h3-8,13-18,22,34,39H,1,9-12,19-20H2,2H3. The minimum absolute atomic E-state index is 0.110. The van der Waals surface area contributed by atoms with E-state index in [1.165, 1.54) is 6.08 Å². The van der Waals surface area contributed by atoms with E-state index < -0.39 is 0 Å². The number of anilines is 3. The molecule has 6 rings (SSSR count). The smallest absolute Gasteiger partial charge is 0.246 e. The Morgan fingerprint density at radius 2 is 1.79 bits per heavy atom. The first-order chi connectivity index (χ1) is 20.4. The van der Waals surface area contributed by atoms with E-state index in [0.29, 0.717) is 37.6 Å². The Morgan fingerprint density at radius 1 is 0.976 bits per heavy atom. The van der Waals surface area contributed by atoms with Gasteiger partial charge in [-0.05, 0) is 36.4 Å². The van der Waals surface area contributed by atoms with Crippen molar-refractivity contribution < 1.29 is 19.4 Å². The third kappa shape index (κ3) is 5.56. The molecule has 2 aliphatic heterocycles. The monoisotopic (exact) mass is 564 g/mol. The van der Waals surface area contributed by atoms with Gasteiger partial charge in [0, 0.05) is 80.1 Å². The Hall–Kier alpha value is -5.12. The van der Waals surface area contributed by atoms with Crippen molar-refractivity contribution in [2.45, 2.75) is 0 Å². The molecule has 2 aliphatic rings. The van der Waals surface area contributed by atoms with E-state index in [1.54, 1.807) is 36.4 Å². The molecule has 10 heteroatoms. The van der Waals surface area contributed by atoms with Crippen molar-refractivity contribution in [3.8, 4) is 22.8 Å². The van der Waals surface area contributed by atoms with Crippen LogP contribution < -0.4 is 15.0 Å². The van der Waals surface area contributed by atoms with E-state index in [-0.39, 0.29) is 23.5 Å². The van der Waals surface area contributed by atoms with E-state index >= 15 is 0 Å². The maximum Gasteiger partial charge on any atom is 0.246 e. The number of aromatic hydroxyl groups is 1. The number of fused-ring (bicyclic) bond motifs is 1. The van der Waals surface area contributed by atoms with Gasteiger partial charge in [-0.2, -0.15) is 0 Å². The van der Waals surface area contributed by atoms with Crippen molar-refractivity contribution in [2.24, 2.45) is 5.92 Å². The zero-order valence-electron chi connectivity index (χ0n) is 23.4. The van der Waals surface area contributed by atoms with Gasteiger partial charge in [0.1, 0.15) is 11.5 Å². The van der Waals surface area contributed by atoms with Crippen LogP contribution >= 0.6 is 0 Å². The fourth-order valence-electron chi connectivity index (χ4n) is 5.42. The SMILES string of the molecule is C=CC(=O)N1CC(C(=O)N2CCN(c3cccc(-c4cnc5ccc(Nc6cc(O)cc(OC)c6)cc5n4)c3)CC2)C1. The van der Waals surface area contributed by atoms with Crippen LogP contribution in [0.4, 0.5) is 17.1 Å². The first-order valence-corrected chi connectivity index (χ1v) is 13.9. The molecule has 4 aromatic rings. The highest BCUT2D eigenvalue weighted by Gasteiger charge is 2.37. The molecule has 0 atom stereocenters. The number of methoxy groups -OCH3 is 1. The molecule has 3 aromatic carbocycles. The second-order valence-corrected chi connectivity index (χ2v) is 10.5. The van der Waals surface area contributed by atoms with E-state index in [9.17, 15) is 14.7 Å². The van der Waals surface area contributed by atoms with Crippen molar-refractivity contribution >= 4 is 39.9 Å². The lowest BCUT2D eigenvalue weighted by Crippen LogP contribution is -2.58. The number of amides is 2. The Labute approximate surface area is 243 Å². The molecule has 3 heterocycles. The number of nitrogens with one attached hydrogen (secondary N) is 1. The first-order valence-electron chi connectivity index (χ1n) is 13.9. The number of carbonyl (C=O) groups excluding carboxylic acids is 2. The molecule has 214 valence electrons. The minimum atomic E-state index is -0.119. The number of benzene rings is 3. The maximum absolute atomic E-state index is 12.9. The summed E-state index contributed by atoms with van der Waals surface area (Å²) in [5, 5.41) is 13.3. The third-order valence-corrected chi connectivity index (χ3v) is 7.77. The van der Waals surface area contributed by atoms with Crippen LogP contribution in [0.5, 0.6) is 11.5 Å². The van der Waals surface area contributed by atoms with Gasteiger partial charge in [-0.15, -0.1) is 0 Å². The van der Waals surface area contributed by atoms with Crippen LogP contribution in [-0.4, -0.2) is 83.1 Å². The number of hydrogen-bond acceptors (Lipinski definition) is 8. The molecule has 2 fully saturated rings. The van der Waals surface area contributed by atoms with Crippen LogP contribution in [0.1, 0.15) is 0 Å². The number of aromatic nitrogens is 2. The van der Waals surface area contributed by atoms with Crippen LogP contribution in [0.15, 0.2) is 79.5 Å². The summed E-state index contributed by atoms with van der Waals surface area (Å²) < 4.78 is 5.25. The van der Waals surface area contributed by atoms with Gasteiger partial charge in [0.05, 0.1) is 36.0 Å². The Balaban J connectivity index is 1.13. The van der Waals surface area contributed by atoms with Crippen molar-refractivity contribution in [1.29, 1.82) is 0 Å². The minimum Gasteiger partial charge on any atom is -0.508 e. The number of nitrogens with zero attached hydrogens (tertiary/aromatic N) is 5. The largest absolute Gasteiger partial charge is 0.508 e. The summed E-state index contributed by atoms with van der Waals surface area (Å²) in [7, 11) is 1.56. The number of phenolic OH excluding ortho intramolecular Hbond substituents is 1. The number of piperazine rings is 1. The summed E-state index contributed by atoms with van der Waals surface area (Å²) in [5.41, 5.74) is 5.81. The molecule has 0 spiro atoms. The molecule has 2 N–H and O–H groups in total. The van der Waals surface area contributed by atoms with Gasteiger partial charge in [-0.3, -0.25) is 14.6 Å². The fourth-order valence-corrected chi connectivity index (χ4v) is 5.42. The molecule has 0 unspecified atom stereocenters. The van der Waals surface area contributed by atoms with Crippen molar-refractivity contribution in [1.82, 2.24) is 19.8 Å². The maximum atomic E-state index is 12.9. The number of carbonyl (C=O) groups is 2. The summed E-state index contributed by atoms with van der Waals surface area (Å²) >= 11 is 0. The summed E-state index contributed by atoms with van der Waals surface area (Å²) in [6, 6.07) is 19.0. The van der Waals surface area contributed by atoms with Gasteiger partial charge >= 0.3 is 0 Å². The molecule has 2 amide bonds. The Morgan fingerprint density at radius 3 is 2.55 bits per heavy atom. The van der Waals surface area contributed by atoms with Gasteiger partial charge < -0.3 is 29.9 Å². The molecule has 0 radical (unpaired) electrons. The van der Waals surface area contributed by atoms with Gasteiger partial charge in [0.2, 0.25) is 11.8 Å². The topological polar surface area (TPSA) is 111 Å². The van der Waals surface area contributed by atoms with Gasteiger partial charge in [-0.1, -0.05) is 18.7 Å². The molecule has 0 saturated carbocycles.